The number of esters is 1. The van der Waals surface area contributed by atoms with Gasteiger partial charge in [0.25, 0.3) is 0 Å². The monoisotopic (exact) mass is 528 g/mol. The lowest BCUT2D eigenvalue weighted by Gasteiger charge is -2.57. The molecule has 206 valence electrons. The highest BCUT2D eigenvalue weighted by Crippen LogP contribution is 2.62. The molecule has 0 spiro atoms. The molecule has 0 saturated heterocycles. The summed E-state index contributed by atoms with van der Waals surface area (Å²) in [5, 5.41) is 2.37. The van der Waals surface area contributed by atoms with Crippen LogP contribution in [0.5, 0.6) is 5.75 Å². The first-order valence-corrected chi connectivity index (χ1v) is 14.6. The van der Waals surface area contributed by atoms with Gasteiger partial charge in [-0.2, -0.15) is 0 Å². The third kappa shape index (κ3) is 5.19. The number of fused-ring (bicyclic) bond motifs is 1. The second-order valence-electron chi connectivity index (χ2n) is 12.0. The molecular weight excluding hydrogens is 488 g/mol. The zero-order valence-electron chi connectivity index (χ0n) is 23.4. The van der Waals surface area contributed by atoms with Gasteiger partial charge in [-0.1, -0.05) is 37.3 Å². The summed E-state index contributed by atoms with van der Waals surface area (Å²) >= 11 is 0. The first-order chi connectivity index (χ1) is 19.0. The summed E-state index contributed by atoms with van der Waals surface area (Å²) in [6.45, 7) is 4.48. The van der Waals surface area contributed by atoms with Crippen LogP contribution in [-0.4, -0.2) is 32.8 Å². The number of ether oxygens (including phenoxy) is 4. The number of rotatable bonds is 10. The fourth-order valence-electron chi connectivity index (χ4n) is 7.86. The van der Waals surface area contributed by atoms with Gasteiger partial charge in [-0.25, -0.2) is 4.79 Å². The van der Waals surface area contributed by atoms with Gasteiger partial charge < -0.3 is 18.9 Å². The van der Waals surface area contributed by atoms with Crippen molar-refractivity contribution in [1.29, 1.82) is 0 Å². The highest BCUT2D eigenvalue weighted by atomic mass is 16.7. The molecule has 39 heavy (non-hydrogen) atoms. The van der Waals surface area contributed by atoms with E-state index >= 15 is 0 Å². The fourth-order valence-corrected chi connectivity index (χ4v) is 7.86. The molecule has 0 heterocycles. The standard InChI is InChI=1S/C34H40O5/c1-4-12-37-33(35)27-10-8-26(9-11-27)29-7-5-6-28-16-32(39-21-38-22(2)36-3)31(17-30(28)29)34-18-23-13-24(19-34)15-25(14-23)20-34/h5-11,16-17,22-25H,4,12-15,18-21H2,1-3H3. The Morgan fingerprint density at radius 2 is 1.67 bits per heavy atom. The number of carbonyl (C=O) groups excluding carboxylic acids is 1. The first kappa shape index (κ1) is 26.3. The summed E-state index contributed by atoms with van der Waals surface area (Å²) in [5.74, 6) is 3.18. The van der Waals surface area contributed by atoms with E-state index in [9.17, 15) is 4.79 Å². The third-order valence-electron chi connectivity index (χ3n) is 9.31. The molecule has 3 aromatic rings. The molecule has 4 aliphatic rings. The van der Waals surface area contributed by atoms with Gasteiger partial charge >= 0.3 is 5.97 Å². The van der Waals surface area contributed by atoms with Crippen molar-refractivity contribution in [3.05, 3.63) is 65.7 Å². The Labute approximate surface area is 231 Å². The molecule has 1 atom stereocenters. The van der Waals surface area contributed by atoms with E-state index in [1.807, 2.05) is 38.1 Å². The van der Waals surface area contributed by atoms with Crippen LogP contribution in [-0.2, 0) is 19.6 Å². The van der Waals surface area contributed by atoms with Gasteiger partial charge in [-0.05, 0) is 121 Å². The topological polar surface area (TPSA) is 54.0 Å². The Balaban J connectivity index is 1.40. The lowest BCUT2D eigenvalue weighted by molar-refractivity contribution is -0.150. The largest absolute Gasteiger partial charge is 0.467 e. The molecule has 3 aromatic carbocycles. The van der Waals surface area contributed by atoms with Crippen LogP contribution in [0.15, 0.2) is 54.6 Å². The van der Waals surface area contributed by atoms with E-state index < -0.39 is 0 Å². The van der Waals surface area contributed by atoms with E-state index in [1.54, 1.807) is 7.11 Å². The van der Waals surface area contributed by atoms with Crippen LogP contribution in [0.25, 0.3) is 21.9 Å². The number of carbonyl (C=O) groups is 1. The maximum absolute atomic E-state index is 12.3. The molecule has 0 aliphatic heterocycles. The maximum Gasteiger partial charge on any atom is 0.338 e. The molecule has 0 radical (unpaired) electrons. The van der Waals surface area contributed by atoms with Crippen molar-refractivity contribution < 1.29 is 23.7 Å². The van der Waals surface area contributed by atoms with Crippen molar-refractivity contribution in [2.45, 2.75) is 70.5 Å². The van der Waals surface area contributed by atoms with E-state index in [4.69, 9.17) is 18.9 Å². The van der Waals surface area contributed by atoms with Crippen LogP contribution in [0, 0.1) is 17.8 Å². The lowest BCUT2D eigenvalue weighted by atomic mass is 9.48. The Morgan fingerprint density at radius 3 is 2.31 bits per heavy atom. The van der Waals surface area contributed by atoms with Crippen LogP contribution in [0.2, 0.25) is 0 Å². The van der Waals surface area contributed by atoms with E-state index in [-0.39, 0.29) is 24.5 Å². The van der Waals surface area contributed by atoms with Crippen molar-refractivity contribution in [3.63, 3.8) is 0 Å². The van der Waals surface area contributed by atoms with Crippen molar-refractivity contribution in [2.24, 2.45) is 17.8 Å². The van der Waals surface area contributed by atoms with Crippen molar-refractivity contribution >= 4 is 16.7 Å². The Morgan fingerprint density at radius 1 is 0.974 bits per heavy atom. The molecule has 0 aromatic heterocycles. The molecule has 0 N–H and O–H groups in total. The number of methoxy groups -OCH3 is 1. The van der Waals surface area contributed by atoms with Gasteiger partial charge in [0.15, 0.2) is 13.1 Å². The molecule has 0 amide bonds. The van der Waals surface area contributed by atoms with Crippen molar-refractivity contribution in [1.82, 2.24) is 0 Å². The Hall–Kier alpha value is -2.89. The minimum atomic E-state index is -0.317. The normalized spacial score (nSPS) is 26.1. The zero-order valence-corrected chi connectivity index (χ0v) is 23.4. The van der Waals surface area contributed by atoms with Crippen LogP contribution in [0.4, 0.5) is 0 Å². The fraction of sp³-hybridized carbons (Fsp3) is 0.500. The molecule has 1 unspecified atom stereocenters. The van der Waals surface area contributed by atoms with Crippen molar-refractivity contribution in [2.75, 3.05) is 20.5 Å². The Bertz CT molecular complexity index is 1290. The summed E-state index contributed by atoms with van der Waals surface area (Å²) in [5.41, 5.74) is 4.36. The molecule has 4 fully saturated rings. The quantitative estimate of drug-likeness (QED) is 0.198. The predicted molar refractivity (Wildman–Crippen MR) is 153 cm³/mol. The Kier molecular flexibility index (Phi) is 7.39. The average Bonchev–Trinajstić information content (AvgIpc) is 2.94. The molecular formula is C34H40O5. The summed E-state index contributed by atoms with van der Waals surface area (Å²) < 4.78 is 22.7. The molecule has 5 heteroatoms. The van der Waals surface area contributed by atoms with Gasteiger partial charge in [0, 0.05) is 12.7 Å². The molecule has 5 nitrogen and oxygen atoms in total. The average molecular weight is 529 g/mol. The van der Waals surface area contributed by atoms with E-state index in [0.29, 0.717) is 12.2 Å². The number of hydrogen-bond donors (Lipinski definition) is 0. The van der Waals surface area contributed by atoms with Gasteiger partial charge in [0.05, 0.1) is 12.2 Å². The van der Waals surface area contributed by atoms with Crippen LogP contribution >= 0.6 is 0 Å². The summed E-state index contributed by atoms with van der Waals surface area (Å²) in [4.78, 5) is 12.3. The lowest BCUT2D eigenvalue weighted by Crippen LogP contribution is -2.48. The van der Waals surface area contributed by atoms with E-state index in [1.165, 1.54) is 55.0 Å². The van der Waals surface area contributed by atoms with Crippen molar-refractivity contribution in [3.8, 4) is 16.9 Å². The maximum atomic E-state index is 12.3. The van der Waals surface area contributed by atoms with E-state index in [2.05, 4.69) is 30.3 Å². The summed E-state index contributed by atoms with van der Waals surface area (Å²) in [6.07, 6.45) is 8.46. The number of hydrogen-bond acceptors (Lipinski definition) is 5. The van der Waals surface area contributed by atoms with Crippen LogP contribution in [0.3, 0.4) is 0 Å². The minimum Gasteiger partial charge on any atom is -0.467 e. The minimum absolute atomic E-state index is 0.162. The SMILES string of the molecule is CCCOC(=O)c1ccc(-c2cccc3cc(OCOC(C)OC)c(C45CC6CC(CC(C6)C4)C5)cc23)cc1. The molecule has 7 rings (SSSR count). The second kappa shape index (κ2) is 10.9. The highest BCUT2D eigenvalue weighted by molar-refractivity contribution is 5.99. The highest BCUT2D eigenvalue weighted by Gasteiger charge is 2.52. The number of benzene rings is 3. The summed E-state index contributed by atoms with van der Waals surface area (Å²) in [6, 6.07) is 18.9. The van der Waals surface area contributed by atoms with E-state index in [0.717, 1.165) is 40.9 Å². The van der Waals surface area contributed by atoms with Gasteiger partial charge in [-0.3, -0.25) is 0 Å². The first-order valence-electron chi connectivity index (χ1n) is 14.6. The third-order valence-corrected chi connectivity index (χ3v) is 9.31. The molecule has 4 bridgehead atoms. The second-order valence-corrected chi connectivity index (χ2v) is 12.0. The molecule has 4 saturated carbocycles. The summed E-state index contributed by atoms with van der Waals surface area (Å²) in [7, 11) is 1.64. The van der Waals surface area contributed by atoms with Gasteiger partial charge in [0.2, 0.25) is 0 Å². The van der Waals surface area contributed by atoms with Gasteiger partial charge in [0.1, 0.15) is 5.75 Å². The molecule has 4 aliphatic carbocycles. The zero-order chi connectivity index (χ0) is 27.0. The predicted octanol–water partition coefficient (Wildman–Crippen LogP) is 7.89. The van der Waals surface area contributed by atoms with Gasteiger partial charge in [-0.15, -0.1) is 0 Å². The van der Waals surface area contributed by atoms with Crippen LogP contribution in [0.1, 0.15) is 74.7 Å². The smallest absolute Gasteiger partial charge is 0.338 e. The van der Waals surface area contributed by atoms with Crippen LogP contribution < -0.4 is 4.74 Å².